The lowest BCUT2D eigenvalue weighted by Crippen LogP contribution is -2.16. The third-order valence-corrected chi connectivity index (χ3v) is 7.16. The molecule has 0 unspecified atom stereocenters. The van der Waals surface area contributed by atoms with Crippen LogP contribution in [0.15, 0.2) is 36.4 Å². The van der Waals surface area contributed by atoms with E-state index in [1.807, 2.05) is 50.2 Å². The first-order valence-electron chi connectivity index (χ1n) is 12.6. The van der Waals surface area contributed by atoms with Crippen LogP contribution in [0.5, 0.6) is 0 Å². The van der Waals surface area contributed by atoms with Gasteiger partial charge in [0.25, 0.3) is 0 Å². The Labute approximate surface area is 210 Å². The molecule has 182 valence electrons. The molecular formula is C30H30N4O2. The van der Waals surface area contributed by atoms with Crippen molar-refractivity contribution < 1.29 is 9.53 Å². The summed E-state index contributed by atoms with van der Waals surface area (Å²) in [5, 5.41) is 20.2. The fraction of sp³-hybridized carbons (Fsp3) is 0.367. The van der Waals surface area contributed by atoms with Gasteiger partial charge in [0.2, 0.25) is 0 Å². The molecule has 6 heteroatoms. The summed E-state index contributed by atoms with van der Waals surface area (Å²) >= 11 is 0. The SMILES string of the molecule is CC(C)OC(=O)C[C@@H]1Cc2[nH]c3ccc(C#N)cc3c2C1.C[C@@H]1Cc2[nH]c3ccc(C#N)cc3c2C1. The van der Waals surface area contributed by atoms with Crippen molar-refractivity contribution in [2.75, 3.05) is 0 Å². The lowest BCUT2D eigenvalue weighted by Gasteiger charge is -2.11. The molecule has 4 aromatic rings. The molecule has 2 aromatic heterocycles. The lowest BCUT2D eigenvalue weighted by molar-refractivity contribution is -0.148. The van der Waals surface area contributed by atoms with Crippen LogP contribution in [-0.2, 0) is 35.2 Å². The quantitative estimate of drug-likeness (QED) is 0.359. The second kappa shape index (κ2) is 9.55. The van der Waals surface area contributed by atoms with E-state index in [1.54, 1.807) is 0 Å². The summed E-state index contributed by atoms with van der Waals surface area (Å²) < 4.78 is 5.22. The van der Waals surface area contributed by atoms with E-state index in [1.165, 1.54) is 33.4 Å². The molecule has 2 aliphatic rings. The number of aromatic amines is 2. The van der Waals surface area contributed by atoms with Crippen LogP contribution >= 0.6 is 0 Å². The van der Waals surface area contributed by atoms with Crippen LogP contribution in [-0.4, -0.2) is 22.0 Å². The molecule has 6 nitrogen and oxygen atoms in total. The Balaban J connectivity index is 0.000000156. The van der Waals surface area contributed by atoms with Crippen molar-refractivity contribution >= 4 is 27.8 Å². The highest BCUT2D eigenvalue weighted by molar-refractivity contribution is 5.87. The number of nitrogens with zero attached hydrogens (tertiary/aromatic N) is 2. The smallest absolute Gasteiger partial charge is 0.306 e. The normalized spacial score (nSPS) is 17.8. The van der Waals surface area contributed by atoms with Crippen molar-refractivity contribution in [3.05, 3.63) is 70.0 Å². The van der Waals surface area contributed by atoms with Gasteiger partial charge in [-0.15, -0.1) is 0 Å². The van der Waals surface area contributed by atoms with Crippen molar-refractivity contribution in [2.45, 2.75) is 59.0 Å². The van der Waals surface area contributed by atoms with Crippen LogP contribution in [0.3, 0.4) is 0 Å². The van der Waals surface area contributed by atoms with E-state index in [4.69, 9.17) is 15.3 Å². The summed E-state index contributed by atoms with van der Waals surface area (Å²) in [4.78, 5) is 18.6. The van der Waals surface area contributed by atoms with E-state index in [2.05, 4.69) is 29.0 Å². The maximum absolute atomic E-state index is 11.8. The van der Waals surface area contributed by atoms with Crippen molar-refractivity contribution in [3.8, 4) is 12.1 Å². The van der Waals surface area contributed by atoms with Gasteiger partial charge < -0.3 is 14.7 Å². The highest BCUT2D eigenvalue weighted by atomic mass is 16.5. The maximum Gasteiger partial charge on any atom is 0.306 e. The zero-order valence-corrected chi connectivity index (χ0v) is 20.9. The molecule has 0 spiro atoms. The third-order valence-electron chi connectivity index (χ3n) is 7.16. The van der Waals surface area contributed by atoms with Crippen LogP contribution in [0.2, 0.25) is 0 Å². The fourth-order valence-electron chi connectivity index (χ4n) is 5.67. The molecule has 2 aromatic carbocycles. The van der Waals surface area contributed by atoms with Crippen LogP contribution < -0.4 is 0 Å². The van der Waals surface area contributed by atoms with E-state index < -0.39 is 0 Å². The Bertz CT molecular complexity index is 1540. The monoisotopic (exact) mass is 478 g/mol. The molecule has 0 radical (unpaired) electrons. The zero-order valence-electron chi connectivity index (χ0n) is 20.9. The second-order valence-corrected chi connectivity index (χ2v) is 10.4. The van der Waals surface area contributed by atoms with Gasteiger partial charge in [-0.3, -0.25) is 4.79 Å². The number of H-pyrrole nitrogens is 2. The van der Waals surface area contributed by atoms with Gasteiger partial charge in [0.05, 0.1) is 29.4 Å². The number of carbonyl (C=O) groups excluding carboxylic acids is 1. The molecule has 0 amide bonds. The molecule has 2 atom stereocenters. The van der Waals surface area contributed by atoms with E-state index in [9.17, 15) is 4.79 Å². The summed E-state index contributed by atoms with van der Waals surface area (Å²) in [5.74, 6) is 0.913. The summed E-state index contributed by atoms with van der Waals surface area (Å²) in [7, 11) is 0. The van der Waals surface area contributed by atoms with Gasteiger partial charge in [-0.05, 0) is 98.9 Å². The minimum Gasteiger partial charge on any atom is -0.463 e. The van der Waals surface area contributed by atoms with Crippen molar-refractivity contribution in [2.24, 2.45) is 11.8 Å². The number of nitriles is 2. The number of fused-ring (bicyclic) bond motifs is 6. The maximum atomic E-state index is 11.8. The van der Waals surface area contributed by atoms with Crippen molar-refractivity contribution in [1.29, 1.82) is 10.5 Å². The van der Waals surface area contributed by atoms with Gasteiger partial charge in [0.1, 0.15) is 0 Å². The minimum atomic E-state index is -0.123. The number of hydrogen-bond acceptors (Lipinski definition) is 4. The predicted molar refractivity (Wildman–Crippen MR) is 139 cm³/mol. The van der Waals surface area contributed by atoms with Crippen molar-refractivity contribution in [1.82, 2.24) is 9.97 Å². The first kappa shape index (κ1) is 23.7. The van der Waals surface area contributed by atoms with Gasteiger partial charge in [0.15, 0.2) is 0 Å². The number of carbonyl (C=O) groups is 1. The standard InChI is InChI=1S/C17H18N2O2.C13H12N2/c1-10(2)21-17(20)8-12-6-14-13-5-11(9-18)3-4-15(13)19-16(14)7-12;1-8-4-10-11-6-9(7-14)2-3-12(11)15-13(10)5-8/h3-5,10,12,19H,6-8H2,1-2H3;2-3,6,8,15H,4-5H2,1H3/t12-;8-/m00/s1. The summed E-state index contributed by atoms with van der Waals surface area (Å²) in [6.07, 6.45) is 4.43. The van der Waals surface area contributed by atoms with Crippen molar-refractivity contribution in [3.63, 3.8) is 0 Å². The van der Waals surface area contributed by atoms with Gasteiger partial charge >= 0.3 is 5.97 Å². The molecule has 2 aliphatic carbocycles. The fourth-order valence-corrected chi connectivity index (χ4v) is 5.67. The van der Waals surface area contributed by atoms with E-state index in [0.717, 1.165) is 48.1 Å². The molecule has 6 rings (SSSR count). The first-order chi connectivity index (χ1) is 17.3. The Morgan fingerprint density at radius 1 is 0.917 bits per heavy atom. The first-order valence-corrected chi connectivity index (χ1v) is 12.6. The zero-order chi connectivity index (χ0) is 25.4. The number of benzene rings is 2. The molecule has 2 N–H and O–H groups in total. The molecule has 0 aliphatic heterocycles. The van der Waals surface area contributed by atoms with Crippen LogP contribution in [0, 0.1) is 34.5 Å². The van der Waals surface area contributed by atoms with E-state index >= 15 is 0 Å². The summed E-state index contributed by atoms with van der Waals surface area (Å²) in [5.41, 5.74) is 8.91. The highest BCUT2D eigenvalue weighted by Crippen LogP contribution is 2.35. The Kier molecular flexibility index (Phi) is 6.29. The average molecular weight is 479 g/mol. The average Bonchev–Trinajstić information content (AvgIpc) is 3.57. The number of nitrogens with one attached hydrogen (secondary N) is 2. The molecule has 0 saturated heterocycles. The second-order valence-electron chi connectivity index (χ2n) is 10.4. The Hall–Kier alpha value is -4.03. The number of aromatic nitrogens is 2. The molecule has 0 fully saturated rings. The highest BCUT2D eigenvalue weighted by Gasteiger charge is 2.28. The Morgan fingerprint density at radius 3 is 2.03 bits per heavy atom. The van der Waals surface area contributed by atoms with E-state index in [0.29, 0.717) is 17.9 Å². The van der Waals surface area contributed by atoms with Crippen LogP contribution in [0.4, 0.5) is 0 Å². The molecule has 0 bridgehead atoms. The number of hydrogen-bond donors (Lipinski definition) is 2. The van der Waals surface area contributed by atoms with Gasteiger partial charge in [-0.2, -0.15) is 10.5 Å². The largest absolute Gasteiger partial charge is 0.463 e. The molecule has 36 heavy (non-hydrogen) atoms. The molecule has 2 heterocycles. The third kappa shape index (κ3) is 4.60. The van der Waals surface area contributed by atoms with Gasteiger partial charge in [-0.1, -0.05) is 6.92 Å². The number of ether oxygens (including phenoxy) is 1. The van der Waals surface area contributed by atoms with E-state index in [-0.39, 0.29) is 12.1 Å². The molecule has 0 saturated carbocycles. The predicted octanol–water partition coefficient (Wildman–Crippen LogP) is 5.87. The number of esters is 1. The summed E-state index contributed by atoms with van der Waals surface area (Å²) in [6.45, 7) is 6.01. The summed E-state index contributed by atoms with van der Waals surface area (Å²) in [6, 6.07) is 16.0. The number of rotatable bonds is 3. The van der Waals surface area contributed by atoms with Crippen LogP contribution in [0.25, 0.3) is 21.8 Å². The topological polar surface area (TPSA) is 105 Å². The van der Waals surface area contributed by atoms with Crippen LogP contribution in [0.1, 0.15) is 60.8 Å². The molecular weight excluding hydrogens is 448 g/mol. The van der Waals surface area contributed by atoms with Gasteiger partial charge in [-0.25, -0.2) is 0 Å². The lowest BCUT2D eigenvalue weighted by atomic mass is 10.0. The minimum absolute atomic E-state index is 0.0595. The Morgan fingerprint density at radius 2 is 1.47 bits per heavy atom. The van der Waals surface area contributed by atoms with Gasteiger partial charge in [0, 0.05) is 39.6 Å².